The molecule has 0 aromatic heterocycles. The average Bonchev–Trinajstić information content (AvgIpc) is 2.42. The van der Waals surface area contributed by atoms with Crippen LogP contribution < -0.4 is 5.32 Å². The first-order valence-corrected chi connectivity index (χ1v) is 7.99. The summed E-state index contributed by atoms with van der Waals surface area (Å²) in [5.41, 5.74) is 9.10. The zero-order valence-corrected chi connectivity index (χ0v) is 15.0. The fourth-order valence-corrected chi connectivity index (χ4v) is 3.14. The van der Waals surface area contributed by atoms with Crippen LogP contribution in [0.1, 0.15) is 73.5 Å². The quantitative estimate of drug-likeness (QED) is 0.767. The highest BCUT2D eigenvalue weighted by atomic mass is 14.9. The SMILES string of the molecule is CCNC(c1c(C)c(C)c(C)c(C)c1C)C(C)(C)CC. The molecule has 0 aliphatic rings. The third-order valence-corrected chi connectivity index (χ3v) is 5.45. The minimum absolute atomic E-state index is 0.264. The molecule has 0 fully saturated rings. The van der Waals surface area contributed by atoms with Gasteiger partial charge in [0.1, 0.15) is 0 Å². The maximum atomic E-state index is 3.75. The molecule has 1 aromatic carbocycles. The number of hydrogen-bond donors (Lipinski definition) is 1. The smallest absolute Gasteiger partial charge is 0.0377 e. The predicted octanol–water partition coefficient (Wildman–Crippen LogP) is 5.32. The van der Waals surface area contributed by atoms with Gasteiger partial charge in [0.25, 0.3) is 0 Å². The van der Waals surface area contributed by atoms with Gasteiger partial charge in [-0.2, -0.15) is 0 Å². The Morgan fingerprint density at radius 1 is 0.800 bits per heavy atom. The summed E-state index contributed by atoms with van der Waals surface area (Å²) in [5.74, 6) is 0. The van der Waals surface area contributed by atoms with E-state index in [2.05, 4.69) is 67.6 Å². The van der Waals surface area contributed by atoms with E-state index >= 15 is 0 Å². The second-order valence-electron chi connectivity index (χ2n) is 6.87. The van der Waals surface area contributed by atoms with Gasteiger partial charge in [0.05, 0.1) is 0 Å². The van der Waals surface area contributed by atoms with Crippen LogP contribution >= 0.6 is 0 Å². The van der Waals surface area contributed by atoms with Crippen molar-refractivity contribution in [3.05, 3.63) is 33.4 Å². The van der Waals surface area contributed by atoms with Gasteiger partial charge in [-0.25, -0.2) is 0 Å². The molecule has 0 saturated heterocycles. The van der Waals surface area contributed by atoms with Gasteiger partial charge in [0, 0.05) is 6.04 Å². The van der Waals surface area contributed by atoms with Crippen molar-refractivity contribution >= 4 is 0 Å². The van der Waals surface area contributed by atoms with E-state index in [0.29, 0.717) is 6.04 Å². The Bertz CT molecular complexity index is 454. The molecular formula is C19H33N. The molecule has 0 aliphatic carbocycles. The van der Waals surface area contributed by atoms with Crippen molar-refractivity contribution in [1.82, 2.24) is 5.32 Å². The zero-order valence-electron chi connectivity index (χ0n) is 15.0. The average molecular weight is 275 g/mol. The second kappa shape index (κ2) is 6.30. The molecule has 0 aliphatic heterocycles. The molecule has 1 unspecified atom stereocenters. The summed E-state index contributed by atoms with van der Waals surface area (Å²) < 4.78 is 0. The molecular weight excluding hydrogens is 242 g/mol. The molecule has 0 spiro atoms. The van der Waals surface area contributed by atoms with E-state index in [1.807, 2.05) is 0 Å². The lowest BCUT2D eigenvalue weighted by Crippen LogP contribution is -2.35. The first-order chi connectivity index (χ1) is 9.18. The lowest BCUT2D eigenvalue weighted by molar-refractivity contribution is 0.235. The van der Waals surface area contributed by atoms with E-state index in [0.717, 1.165) is 6.54 Å². The molecule has 1 rings (SSSR count). The Balaban J connectivity index is 3.57. The van der Waals surface area contributed by atoms with Crippen molar-refractivity contribution in [2.75, 3.05) is 6.54 Å². The van der Waals surface area contributed by atoms with E-state index < -0.39 is 0 Å². The van der Waals surface area contributed by atoms with Crippen LogP contribution in [0, 0.1) is 40.0 Å². The first-order valence-electron chi connectivity index (χ1n) is 7.99. The number of nitrogens with one attached hydrogen (secondary N) is 1. The Kier molecular flexibility index (Phi) is 5.43. The maximum absolute atomic E-state index is 3.75. The summed E-state index contributed by atoms with van der Waals surface area (Å²) in [5, 5.41) is 3.75. The van der Waals surface area contributed by atoms with Crippen molar-refractivity contribution in [1.29, 1.82) is 0 Å². The largest absolute Gasteiger partial charge is 0.310 e. The van der Waals surface area contributed by atoms with Crippen LogP contribution in [0.15, 0.2) is 0 Å². The molecule has 1 nitrogen and oxygen atoms in total. The number of rotatable bonds is 5. The van der Waals surface area contributed by atoms with Gasteiger partial charge >= 0.3 is 0 Å². The number of hydrogen-bond acceptors (Lipinski definition) is 1. The molecule has 1 N–H and O–H groups in total. The van der Waals surface area contributed by atoms with E-state index in [1.54, 1.807) is 0 Å². The summed E-state index contributed by atoms with van der Waals surface area (Å²) in [6.07, 6.45) is 1.18. The zero-order chi connectivity index (χ0) is 15.7. The van der Waals surface area contributed by atoms with Gasteiger partial charge < -0.3 is 5.32 Å². The highest BCUT2D eigenvalue weighted by molar-refractivity contribution is 5.51. The van der Waals surface area contributed by atoms with Crippen LogP contribution in [0.5, 0.6) is 0 Å². The highest BCUT2D eigenvalue weighted by Gasteiger charge is 2.31. The predicted molar refractivity (Wildman–Crippen MR) is 90.6 cm³/mol. The summed E-state index contributed by atoms with van der Waals surface area (Å²) in [7, 11) is 0. The van der Waals surface area contributed by atoms with Gasteiger partial charge in [-0.3, -0.25) is 0 Å². The summed E-state index contributed by atoms with van der Waals surface area (Å²) in [6, 6.07) is 0.426. The van der Waals surface area contributed by atoms with Crippen molar-refractivity contribution in [2.24, 2.45) is 5.41 Å². The molecule has 0 heterocycles. The van der Waals surface area contributed by atoms with Gasteiger partial charge in [-0.1, -0.05) is 27.7 Å². The lowest BCUT2D eigenvalue weighted by Gasteiger charge is -2.37. The first kappa shape index (κ1) is 17.2. The Morgan fingerprint density at radius 2 is 1.20 bits per heavy atom. The van der Waals surface area contributed by atoms with Crippen molar-refractivity contribution in [3.63, 3.8) is 0 Å². The van der Waals surface area contributed by atoms with E-state index in [-0.39, 0.29) is 5.41 Å². The molecule has 0 saturated carbocycles. The van der Waals surface area contributed by atoms with Crippen LogP contribution in [0.4, 0.5) is 0 Å². The van der Waals surface area contributed by atoms with Gasteiger partial charge in [-0.15, -0.1) is 0 Å². The topological polar surface area (TPSA) is 12.0 Å². The Labute approximate surface area is 126 Å². The van der Waals surface area contributed by atoms with E-state index in [9.17, 15) is 0 Å². The fourth-order valence-electron chi connectivity index (χ4n) is 3.14. The van der Waals surface area contributed by atoms with Gasteiger partial charge in [0.15, 0.2) is 0 Å². The molecule has 1 atom stereocenters. The molecule has 1 heteroatoms. The van der Waals surface area contributed by atoms with Crippen LogP contribution in [0.2, 0.25) is 0 Å². The standard InChI is InChI=1S/C19H33N/c1-10-19(8,9)18(20-11-2)17-15(6)13(4)12(3)14(5)16(17)7/h18,20H,10-11H2,1-9H3. The van der Waals surface area contributed by atoms with E-state index in [1.165, 1.54) is 39.8 Å². The monoisotopic (exact) mass is 275 g/mol. The van der Waals surface area contributed by atoms with Crippen molar-refractivity contribution in [2.45, 2.75) is 74.8 Å². The summed E-state index contributed by atoms with van der Waals surface area (Å²) in [4.78, 5) is 0. The molecule has 20 heavy (non-hydrogen) atoms. The van der Waals surface area contributed by atoms with Crippen molar-refractivity contribution in [3.8, 4) is 0 Å². The van der Waals surface area contributed by atoms with Gasteiger partial charge in [-0.05, 0) is 86.4 Å². The molecule has 0 bridgehead atoms. The van der Waals surface area contributed by atoms with Crippen LogP contribution in [-0.2, 0) is 0 Å². The Hall–Kier alpha value is -0.820. The van der Waals surface area contributed by atoms with Gasteiger partial charge in [0.2, 0.25) is 0 Å². The minimum Gasteiger partial charge on any atom is -0.310 e. The second-order valence-corrected chi connectivity index (χ2v) is 6.87. The Morgan fingerprint density at radius 3 is 1.55 bits per heavy atom. The van der Waals surface area contributed by atoms with E-state index in [4.69, 9.17) is 0 Å². The third kappa shape index (κ3) is 2.93. The molecule has 0 radical (unpaired) electrons. The van der Waals surface area contributed by atoms with Crippen LogP contribution in [0.25, 0.3) is 0 Å². The minimum atomic E-state index is 0.264. The lowest BCUT2D eigenvalue weighted by atomic mass is 9.74. The normalized spacial score (nSPS) is 13.7. The molecule has 0 amide bonds. The summed E-state index contributed by atoms with van der Waals surface area (Å²) >= 11 is 0. The fraction of sp³-hybridized carbons (Fsp3) is 0.684. The third-order valence-electron chi connectivity index (χ3n) is 5.45. The molecule has 114 valence electrons. The summed E-state index contributed by atoms with van der Waals surface area (Å²) in [6.45, 7) is 21.6. The highest BCUT2D eigenvalue weighted by Crippen LogP contribution is 2.41. The maximum Gasteiger partial charge on any atom is 0.0377 e. The van der Waals surface area contributed by atoms with Crippen LogP contribution in [-0.4, -0.2) is 6.54 Å². The van der Waals surface area contributed by atoms with Crippen molar-refractivity contribution < 1.29 is 0 Å². The molecule has 1 aromatic rings. The van der Waals surface area contributed by atoms with Crippen LogP contribution in [0.3, 0.4) is 0 Å². The number of benzene rings is 1.